The van der Waals surface area contributed by atoms with Gasteiger partial charge in [-0.2, -0.15) is 0 Å². The number of imidazole rings is 1. The minimum absolute atomic E-state index is 0.375. The molecule has 0 aliphatic rings. The van der Waals surface area contributed by atoms with Crippen LogP contribution >= 0.6 is 0 Å². The molecule has 1 aromatic heterocycles. The van der Waals surface area contributed by atoms with Gasteiger partial charge in [0.15, 0.2) is 0 Å². The quantitative estimate of drug-likeness (QED) is 0.758. The molecule has 0 unspecified atom stereocenters. The van der Waals surface area contributed by atoms with Gasteiger partial charge in [0.1, 0.15) is 5.41 Å². The number of H-pyrrole nitrogens is 1. The molecule has 3 N–H and O–H groups in total. The van der Waals surface area contributed by atoms with Crippen LogP contribution < -0.4 is 5.73 Å². The molecule has 22 heavy (non-hydrogen) atoms. The predicted octanol–water partition coefficient (Wildman–Crippen LogP) is 2.42. The second-order valence-electron chi connectivity index (χ2n) is 5.26. The fourth-order valence-electron chi connectivity index (χ4n) is 2.85. The van der Waals surface area contributed by atoms with Crippen molar-refractivity contribution in [2.24, 2.45) is 5.73 Å². The molecule has 0 aliphatic heterocycles. The van der Waals surface area contributed by atoms with Crippen molar-refractivity contribution < 1.29 is 4.79 Å². The van der Waals surface area contributed by atoms with Crippen LogP contribution in [0.2, 0.25) is 0 Å². The molecule has 3 aromatic rings. The van der Waals surface area contributed by atoms with E-state index in [9.17, 15) is 4.79 Å². The van der Waals surface area contributed by atoms with Gasteiger partial charge < -0.3 is 10.7 Å². The first kappa shape index (κ1) is 14.1. The van der Waals surface area contributed by atoms with Gasteiger partial charge in [-0.05, 0) is 11.1 Å². The molecule has 0 bridgehead atoms. The molecule has 110 valence electrons. The number of aromatic nitrogens is 2. The number of carbonyl (C=O) groups is 1. The molecule has 0 saturated heterocycles. The highest BCUT2D eigenvalue weighted by atomic mass is 16.1. The van der Waals surface area contributed by atoms with Crippen molar-refractivity contribution in [3.63, 3.8) is 0 Å². The van der Waals surface area contributed by atoms with Crippen LogP contribution in [0.1, 0.15) is 16.8 Å². The van der Waals surface area contributed by atoms with Gasteiger partial charge in [0.05, 0.1) is 6.33 Å². The van der Waals surface area contributed by atoms with E-state index in [1.54, 1.807) is 12.5 Å². The van der Waals surface area contributed by atoms with E-state index >= 15 is 0 Å². The van der Waals surface area contributed by atoms with E-state index in [4.69, 9.17) is 5.73 Å². The number of nitrogens with two attached hydrogens (primary N) is 1. The van der Waals surface area contributed by atoms with E-state index in [2.05, 4.69) is 9.97 Å². The van der Waals surface area contributed by atoms with Crippen molar-refractivity contribution in [2.75, 3.05) is 0 Å². The lowest BCUT2D eigenvalue weighted by atomic mass is 9.70. The maximum Gasteiger partial charge on any atom is 0.232 e. The SMILES string of the molecule is NC(=O)C(Cc1cnc[nH]1)(c1ccccc1)c1ccccc1. The zero-order chi connectivity index (χ0) is 15.4. The van der Waals surface area contributed by atoms with Crippen LogP contribution in [-0.2, 0) is 16.6 Å². The van der Waals surface area contributed by atoms with Gasteiger partial charge in [-0.15, -0.1) is 0 Å². The summed E-state index contributed by atoms with van der Waals surface area (Å²) in [6.45, 7) is 0. The number of hydrogen-bond acceptors (Lipinski definition) is 2. The Morgan fingerprint density at radius 3 is 1.95 bits per heavy atom. The monoisotopic (exact) mass is 291 g/mol. The summed E-state index contributed by atoms with van der Waals surface area (Å²) in [5, 5.41) is 0. The van der Waals surface area contributed by atoms with Crippen molar-refractivity contribution >= 4 is 5.91 Å². The molecule has 0 aliphatic carbocycles. The van der Waals surface area contributed by atoms with Gasteiger partial charge in [0, 0.05) is 18.3 Å². The Morgan fingerprint density at radius 1 is 1.00 bits per heavy atom. The zero-order valence-electron chi connectivity index (χ0n) is 12.1. The Morgan fingerprint density at radius 2 is 1.55 bits per heavy atom. The highest BCUT2D eigenvalue weighted by Crippen LogP contribution is 2.35. The second kappa shape index (κ2) is 5.85. The van der Waals surface area contributed by atoms with Crippen molar-refractivity contribution in [1.29, 1.82) is 0 Å². The molecule has 0 spiro atoms. The highest BCUT2D eigenvalue weighted by Gasteiger charge is 2.40. The molecule has 0 atom stereocenters. The summed E-state index contributed by atoms with van der Waals surface area (Å²) in [5.74, 6) is -0.375. The van der Waals surface area contributed by atoms with E-state index in [0.29, 0.717) is 6.42 Å². The van der Waals surface area contributed by atoms with Crippen LogP contribution in [0.25, 0.3) is 0 Å². The number of hydrogen-bond donors (Lipinski definition) is 2. The number of rotatable bonds is 5. The van der Waals surface area contributed by atoms with Crippen molar-refractivity contribution in [1.82, 2.24) is 9.97 Å². The molecule has 0 saturated carbocycles. The fourth-order valence-corrected chi connectivity index (χ4v) is 2.85. The van der Waals surface area contributed by atoms with Crippen LogP contribution in [0.15, 0.2) is 73.2 Å². The van der Waals surface area contributed by atoms with Gasteiger partial charge in [-0.25, -0.2) is 4.98 Å². The van der Waals surface area contributed by atoms with Crippen LogP contribution in [0.5, 0.6) is 0 Å². The molecule has 0 fully saturated rings. The number of aromatic amines is 1. The van der Waals surface area contributed by atoms with Gasteiger partial charge >= 0.3 is 0 Å². The third-order valence-electron chi connectivity index (χ3n) is 3.96. The van der Waals surface area contributed by atoms with Crippen molar-refractivity contribution in [3.05, 3.63) is 90.0 Å². The summed E-state index contributed by atoms with van der Waals surface area (Å²) in [6, 6.07) is 19.3. The van der Waals surface area contributed by atoms with Crippen LogP contribution in [0.3, 0.4) is 0 Å². The third kappa shape index (κ3) is 2.39. The maximum atomic E-state index is 12.5. The maximum absolute atomic E-state index is 12.5. The number of benzene rings is 2. The molecule has 1 heterocycles. The second-order valence-corrected chi connectivity index (χ2v) is 5.26. The zero-order valence-corrected chi connectivity index (χ0v) is 12.1. The van der Waals surface area contributed by atoms with Crippen molar-refractivity contribution in [3.8, 4) is 0 Å². The largest absolute Gasteiger partial charge is 0.369 e. The number of nitrogens with one attached hydrogen (secondary N) is 1. The predicted molar refractivity (Wildman–Crippen MR) is 85.2 cm³/mol. The summed E-state index contributed by atoms with van der Waals surface area (Å²) in [6.07, 6.45) is 3.77. The molecule has 1 amide bonds. The van der Waals surface area contributed by atoms with E-state index in [1.807, 2.05) is 60.7 Å². The summed E-state index contributed by atoms with van der Waals surface area (Å²) < 4.78 is 0. The number of primary amides is 1. The first-order valence-electron chi connectivity index (χ1n) is 7.12. The van der Waals surface area contributed by atoms with Gasteiger partial charge in [-0.3, -0.25) is 4.79 Å². The number of nitrogens with zero attached hydrogens (tertiary/aromatic N) is 1. The average Bonchev–Trinajstić information content (AvgIpc) is 3.07. The van der Waals surface area contributed by atoms with E-state index in [0.717, 1.165) is 16.8 Å². The Balaban J connectivity index is 2.21. The molecular formula is C18H17N3O. The fraction of sp³-hybridized carbons (Fsp3) is 0.111. The van der Waals surface area contributed by atoms with Crippen molar-refractivity contribution in [2.45, 2.75) is 11.8 Å². The Bertz CT molecular complexity index is 697. The third-order valence-corrected chi connectivity index (χ3v) is 3.96. The number of carbonyl (C=O) groups excluding carboxylic acids is 1. The highest BCUT2D eigenvalue weighted by molar-refractivity contribution is 5.91. The molecule has 4 nitrogen and oxygen atoms in total. The Hall–Kier alpha value is -2.88. The van der Waals surface area contributed by atoms with Gasteiger partial charge in [0.2, 0.25) is 5.91 Å². The van der Waals surface area contributed by atoms with Gasteiger partial charge in [-0.1, -0.05) is 60.7 Å². The summed E-state index contributed by atoms with van der Waals surface area (Å²) in [4.78, 5) is 19.6. The summed E-state index contributed by atoms with van der Waals surface area (Å²) in [7, 11) is 0. The smallest absolute Gasteiger partial charge is 0.232 e. The lowest BCUT2D eigenvalue weighted by molar-refractivity contribution is -0.122. The first-order valence-corrected chi connectivity index (χ1v) is 7.12. The van der Waals surface area contributed by atoms with Gasteiger partial charge in [0.25, 0.3) is 0 Å². The normalized spacial score (nSPS) is 11.3. The number of amides is 1. The molecular weight excluding hydrogens is 274 g/mol. The van der Waals surface area contributed by atoms with E-state index in [-0.39, 0.29) is 5.91 Å². The molecule has 0 radical (unpaired) electrons. The van der Waals surface area contributed by atoms with E-state index in [1.165, 1.54) is 0 Å². The minimum Gasteiger partial charge on any atom is -0.369 e. The van der Waals surface area contributed by atoms with E-state index < -0.39 is 5.41 Å². The topological polar surface area (TPSA) is 71.8 Å². The minimum atomic E-state index is -0.922. The standard InChI is InChI=1S/C18H17N3O/c19-17(22)18(11-16-12-20-13-21-16,14-7-3-1-4-8-14)15-9-5-2-6-10-15/h1-10,12-13H,11H2,(H2,19,22)(H,20,21). The summed E-state index contributed by atoms with van der Waals surface area (Å²) in [5.41, 5.74) is 7.58. The Labute approximate surface area is 129 Å². The van der Waals surface area contributed by atoms with Crippen LogP contribution in [0, 0.1) is 0 Å². The van der Waals surface area contributed by atoms with Crippen LogP contribution in [0.4, 0.5) is 0 Å². The first-order chi connectivity index (χ1) is 10.7. The molecule has 4 heteroatoms. The molecule has 3 rings (SSSR count). The summed E-state index contributed by atoms with van der Waals surface area (Å²) >= 11 is 0. The lowest BCUT2D eigenvalue weighted by Crippen LogP contribution is -2.44. The van der Waals surface area contributed by atoms with Crippen LogP contribution in [-0.4, -0.2) is 15.9 Å². The lowest BCUT2D eigenvalue weighted by Gasteiger charge is -2.31. The average molecular weight is 291 g/mol. The Kier molecular flexibility index (Phi) is 3.74. The molecule has 2 aromatic carbocycles.